The Labute approximate surface area is 146 Å². The minimum absolute atomic E-state index is 1.07. The molecule has 1 aromatic rings. The molecule has 0 fully saturated rings. The molecule has 0 saturated carbocycles. The van der Waals surface area contributed by atoms with Crippen LogP contribution in [-0.2, 0) is 0 Å². The Morgan fingerprint density at radius 3 is 2.35 bits per heavy atom. The van der Waals surface area contributed by atoms with Gasteiger partial charge in [-0.25, -0.2) is 0 Å². The zero-order chi connectivity index (χ0) is 16.9. The highest BCUT2D eigenvalue weighted by molar-refractivity contribution is 8.03. The molecule has 0 aliphatic carbocycles. The van der Waals surface area contributed by atoms with Crippen LogP contribution in [0.4, 0.5) is 0 Å². The standard InChI is InChI=1S/C21H29NS/c1-18(2)13-9-6-5-7-12-16-23-19(3)21(17-22-4)20-14-10-8-11-15-20/h8,10-11,14-15,17H,1,3-7,9,12-13,16H2,2H3/b21-17+. The molecule has 0 amide bonds. The van der Waals surface area contributed by atoms with Gasteiger partial charge >= 0.3 is 0 Å². The van der Waals surface area contributed by atoms with E-state index >= 15 is 0 Å². The highest BCUT2D eigenvalue weighted by Crippen LogP contribution is 2.31. The summed E-state index contributed by atoms with van der Waals surface area (Å²) in [5, 5.41) is 0. The summed E-state index contributed by atoms with van der Waals surface area (Å²) in [4.78, 5) is 5.01. The summed E-state index contributed by atoms with van der Waals surface area (Å²) in [6.07, 6.45) is 9.42. The van der Waals surface area contributed by atoms with Crippen LogP contribution in [0.5, 0.6) is 0 Å². The topological polar surface area (TPSA) is 12.4 Å². The predicted molar refractivity (Wildman–Crippen MR) is 108 cm³/mol. The third kappa shape index (κ3) is 8.61. The van der Waals surface area contributed by atoms with Gasteiger partial charge in [0.2, 0.25) is 0 Å². The van der Waals surface area contributed by atoms with Crippen molar-refractivity contribution in [1.29, 1.82) is 0 Å². The molecule has 23 heavy (non-hydrogen) atoms. The van der Waals surface area contributed by atoms with Gasteiger partial charge in [0.15, 0.2) is 0 Å². The Bertz CT molecular complexity index is 528. The first-order valence-corrected chi connectivity index (χ1v) is 9.31. The molecular weight excluding hydrogens is 298 g/mol. The lowest BCUT2D eigenvalue weighted by Gasteiger charge is -2.10. The van der Waals surface area contributed by atoms with Crippen LogP contribution in [0, 0.1) is 0 Å². The van der Waals surface area contributed by atoms with E-state index in [2.05, 4.69) is 43.9 Å². The Morgan fingerprint density at radius 2 is 1.70 bits per heavy atom. The van der Waals surface area contributed by atoms with E-state index in [-0.39, 0.29) is 0 Å². The number of hydrogen-bond acceptors (Lipinski definition) is 2. The molecule has 0 unspecified atom stereocenters. The van der Waals surface area contributed by atoms with Crippen molar-refractivity contribution in [3.8, 4) is 0 Å². The van der Waals surface area contributed by atoms with Gasteiger partial charge in [0.25, 0.3) is 0 Å². The molecule has 0 bridgehead atoms. The van der Waals surface area contributed by atoms with Crippen LogP contribution in [-0.4, -0.2) is 12.5 Å². The first-order chi connectivity index (χ1) is 11.1. The number of hydrogen-bond donors (Lipinski definition) is 0. The van der Waals surface area contributed by atoms with E-state index in [0.717, 1.165) is 21.8 Å². The Morgan fingerprint density at radius 1 is 1.04 bits per heavy atom. The van der Waals surface area contributed by atoms with Crippen molar-refractivity contribution in [2.45, 2.75) is 45.4 Å². The lowest BCUT2D eigenvalue weighted by molar-refractivity contribution is 0.633. The number of allylic oxidation sites excluding steroid dienone is 2. The molecule has 0 saturated heterocycles. The second-order valence-corrected chi connectivity index (χ2v) is 7.03. The van der Waals surface area contributed by atoms with Crippen molar-refractivity contribution in [2.24, 2.45) is 4.99 Å². The quantitative estimate of drug-likeness (QED) is 0.176. The van der Waals surface area contributed by atoms with Crippen LogP contribution in [0.2, 0.25) is 0 Å². The lowest BCUT2D eigenvalue weighted by Crippen LogP contribution is -1.88. The average Bonchev–Trinajstić information content (AvgIpc) is 2.55. The zero-order valence-electron chi connectivity index (χ0n) is 14.4. The second kappa shape index (κ2) is 12.0. The molecule has 0 N–H and O–H groups in total. The Hall–Kier alpha value is -1.54. The van der Waals surface area contributed by atoms with Crippen LogP contribution in [0.3, 0.4) is 0 Å². The Kier molecular flexibility index (Phi) is 10.1. The third-order valence-electron chi connectivity index (χ3n) is 3.63. The zero-order valence-corrected chi connectivity index (χ0v) is 15.2. The van der Waals surface area contributed by atoms with E-state index in [1.807, 2.05) is 36.2 Å². The summed E-state index contributed by atoms with van der Waals surface area (Å²) in [5.74, 6) is 1.11. The van der Waals surface area contributed by atoms with E-state index in [9.17, 15) is 0 Å². The molecule has 2 heteroatoms. The summed E-state index contributed by atoms with van der Waals surface area (Å²) < 4.78 is 0. The number of unbranched alkanes of at least 4 members (excludes halogenated alkanes) is 4. The van der Waals surface area contributed by atoms with Crippen molar-refractivity contribution < 1.29 is 0 Å². The fourth-order valence-electron chi connectivity index (χ4n) is 2.35. The molecule has 0 aliphatic rings. The van der Waals surface area contributed by atoms with E-state index in [4.69, 9.17) is 0 Å². The van der Waals surface area contributed by atoms with Crippen molar-refractivity contribution in [1.82, 2.24) is 0 Å². The largest absolute Gasteiger partial charge is 0.272 e. The van der Waals surface area contributed by atoms with E-state index in [1.165, 1.54) is 44.1 Å². The van der Waals surface area contributed by atoms with Gasteiger partial charge in [-0.05, 0) is 44.2 Å². The first-order valence-electron chi connectivity index (χ1n) is 8.33. The van der Waals surface area contributed by atoms with E-state index in [0.29, 0.717) is 0 Å². The molecular formula is C21H29NS. The van der Waals surface area contributed by atoms with Gasteiger partial charge in [-0.15, -0.1) is 18.3 Å². The van der Waals surface area contributed by atoms with Crippen molar-refractivity contribution >= 4 is 24.1 Å². The number of thioether (sulfide) groups is 1. The molecule has 0 spiro atoms. The first kappa shape index (κ1) is 19.5. The SMILES string of the molecule is C=N/C=C(\C(=C)SCCCCCCCC(=C)C)c1ccccc1. The van der Waals surface area contributed by atoms with E-state index in [1.54, 1.807) is 0 Å². The maximum atomic E-state index is 4.21. The van der Waals surface area contributed by atoms with Crippen LogP contribution in [0.15, 0.2) is 65.2 Å². The summed E-state index contributed by atoms with van der Waals surface area (Å²) in [7, 11) is 0. The van der Waals surface area contributed by atoms with Gasteiger partial charge in [-0.3, -0.25) is 4.99 Å². The molecule has 0 aliphatic heterocycles. The van der Waals surface area contributed by atoms with Gasteiger partial charge in [0.05, 0.1) is 0 Å². The average molecular weight is 328 g/mol. The monoisotopic (exact) mass is 327 g/mol. The lowest BCUT2D eigenvalue weighted by atomic mass is 10.1. The molecule has 0 aromatic heterocycles. The van der Waals surface area contributed by atoms with Crippen molar-refractivity contribution in [3.63, 3.8) is 0 Å². The predicted octanol–water partition coefficient (Wildman–Crippen LogP) is 6.89. The maximum Gasteiger partial charge on any atom is 0.0350 e. The number of aliphatic imine (C=N–C) groups is 1. The van der Waals surface area contributed by atoms with Crippen LogP contribution >= 0.6 is 11.8 Å². The van der Waals surface area contributed by atoms with Crippen molar-refractivity contribution in [2.75, 3.05) is 5.75 Å². The van der Waals surface area contributed by atoms with E-state index < -0.39 is 0 Å². The fourth-order valence-corrected chi connectivity index (χ4v) is 3.27. The number of benzene rings is 1. The van der Waals surface area contributed by atoms with Crippen LogP contribution in [0.25, 0.3) is 5.57 Å². The minimum atomic E-state index is 1.07. The highest BCUT2D eigenvalue weighted by atomic mass is 32.2. The Balaban J connectivity index is 2.28. The summed E-state index contributed by atoms with van der Waals surface area (Å²) in [6.45, 7) is 13.8. The molecule has 1 aromatic carbocycles. The smallest absolute Gasteiger partial charge is 0.0350 e. The van der Waals surface area contributed by atoms with Crippen LogP contribution in [0.1, 0.15) is 51.0 Å². The summed E-state index contributed by atoms with van der Waals surface area (Å²) in [6, 6.07) is 10.3. The highest BCUT2D eigenvalue weighted by Gasteiger charge is 2.06. The molecule has 1 nitrogen and oxygen atoms in total. The molecule has 0 heterocycles. The minimum Gasteiger partial charge on any atom is -0.272 e. The van der Waals surface area contributed by atoms with Gasteiger partial charge in [0.1, 0.15) is 0 Å². The van der Waals surface area contributed by atoms with Crippen molar-refractivity contribution in [3.05, 3.63) is 65.7 Å². The third-order valence-corrected chi connectivity index (χ3v) is 4.69. The van der Waals surface area contributed by atoms with Gasteiger partial charge in [-0.2, -0.15) is 0 Å². The molecule has 1 rings (SSSR count). The van der Waals surface area contributed by atoms with Gasteiger partial charge in [-0.1, -0.05) is 61.7 Å². The van der Waals surface area contributed by atoms with Crippen LogP contribution < -0.4 is 0 Å². The number of rotatable bonds is 12. The molecule has 124 valence electrons. The summed E-state index contributed by atoms with van der Waals surface area (Å²) in [5.41, 5.74) is 3.53. The fraction of sp³-hybridized carbons (Fsp3) is 0.381. The van der Waals surface area contributed by atoms with Gasteiger partial charge in [0, 0.05) is 16.7 Å². The van der Waals surface area contributed by atoms with Gasteiger partial charge < -0.3 is 0 Å². The maximum absolute atomic E-state index is 4.21. The summed E-state index contributed by atoms with van der Waals surface area (Å²) >= 11 is 1.82. The number of nitrogens with zero attached hydrogens (tertiary/aromatic N) is 1. The normalized spacial score (nSPS) is 11.3. The molecule has 0 radical (unpaired) electrons. The second-order valence-electron chi connectivity index (χ2n) is 5.84. The molecule has 0 atom stereocenters.